The Kier molecular flexibility index (Phi) is 8.96. The number of thioether (sulfide) groups is 1. The highest BCUT2D eigenvalue weighted by molar-refractivity contribution is 8.01. The lowest BCUT2D eigenvalue weighted by Crippen LogP contribution is -2.80. The zero-order chi connectivity index (χ0) is 31.6. The Morgan fingerprint density at radius 1 is 1.12 bits per heavy atom. The molecule has 43 heavy (non-hydrogen) atoms. The molecule has 4 rings (SSSR count). The average Bonchev–Trinajstić information content (AvgIpc) is 2.98. The molecule has 0 saturated carbocycles. The largest absolute Gasteiger partial charge is 0.508 e. The number of hydrogen-bond acceptors (Lipinski definition) is 11. The Bertz CT molecular complexity index is 1410. The van der Waals surface area contributed by atoms with E-state index in [9.17, 15) is 48.9 Å². The third-order valence-corrected chi connectivity index (χ3v) is 8.75. The van der Waals surface area contributed by atoms with Crippen LogP contribution in [0.3, 0.4) is 0 Å². The summed E-state index contributed by atoms with van der Waals surface area (Å²) in [5.41, 5.74) is -0.226. The number of amides is 6. The molecule has 16 nitrogen and oxygen atoms in total. The molecule has 3 heterocycles. The number of nitrogens with zero attached hydrogens (tertiary/aromatic N) is 3. The summed E-state index contributed by atoms with van der Waals surface area (Å²) in [6.07, 6.45) is 0. The van der Waals surface area contributed by atoms with Crippen molar-refractivity contribution in [3.8, 4) is 5.75 Å². The number of aliphatic hydroxyl groups excluding tert-OH is 1. The highest BCUT2D eigenvalue weighted by Crippen LogP contribution is 2.49. The van der Waals surface area contributed by atoms with Crippen LogP contribution in [-0.2, 0) is 33.5 Å². The first-order chi connectivity index (χ1) is 20.4. The molecule has 0 bridgehead atoms. The molecule has 230 valence electrons. The predicted molar refractivity (Wildman–Crippen MR) is 146 cm³/mol. The maximum absolute atomic E-state index is 13.6. The number of benzene rings is 1. The summed E-state index contributed by atoms with van der Waals surface area (Å²) in [5, 5.41) is 34.8. The molecule has 2 fully saturated rings. The Morgan fingerprint density at radius 2 is 1.79 bits per heavy atom. The van der Waals surface area contributed by atoms with E-state index >= 15 is 0 Å². The van der Waals surface area contributed by atoms with E-state index in [1.807, 2.05) is 0 Å². The van der Waals surface area contributed by atoms with Crippen molar-refractivity contribution in [3.63, 3.8) is 0 Å². The van der Waals surface area contributed by atoms with Gasteiger partial charge in [-0.25, -0.2) is 9.59 Å². The second-order valence-electron chi connectivity index (χ2n) is 9.76. The van der Waals surface area contributed by atoms with Crippen LogP contribution in [0.5, 0.6) is 5.75 Å². The van der Waals surface area contributed by atoms with Crippen LogP contribution < -0.4 is 10.6 Å². The highest BCUT2D eigenvalue weighted by atomic mass is 32.2. The van der Waals surface area contributed by atoms with Gasteiger partial charge < -0.3 is 35.6 Å². The summed E-state index contributed by atoms with van der Waals surface area (Å²) in [4.78, 5) is 89.4. The SMILES string of the molecule is CCN1CCN(C(=O)NC(C(=O)N[C@H]2C(=O)N3C(C(=O)O)=C(COC(C)=O)CSC23CO)c2ccc(O)cc2)C(=O)C1=O. The van der Waals surface area contributed by atoms with E-state index in [4.69, 9.17) is 4.74 Å². The molecule has 1 aromatic rings. The Hall–Kier alpha value is -4.64. The van der Waals surface area contributed by atoms with Crippen molar-refractivity contribution in [1.29, 1.82) is 0 Å². The summed E-state index contributed by atoms with van der Waals surface area (Å²) in [5.74, 6) is -6.17. The highest BCUT2D eigenvalue weighted by Gasteiger charge is 2.65. The fourth-order valence-corrected chi connectivity index (χ4v) is 6.32. The van der Waals surface area contributed by atoms with Crippen molar-refractivity contribution in [2.24, 2.45) is 0 Å². The van der Waals surface area contributed by atoms with Crippen molar-refractivity contribution in [2.75, 3.05) is 38.6 Å². The molecule has 3 aliphatic heterocycles. The lowest BCUT2D eigenvalue weighted by Gasteiger charge is -2.58. The number of carbonyl (C=O) groups excluding carboxylic acids is 6. The number of hydrogen-bond donors (Lipinski definition) is 5. The van der Waals surface area contributed by atoms with Gasteiger partial charge in [0.05, 0.1) is 6.61 Å². The van der Waals surface area contributed by atoms with E-state index < -0.39 is 77.5 Å². The molecule has 0 spiro atoms. The van der Waals surface area contributed by atoms with Gasteiger partial charge in [0.1, 0.15) is 35.0 Å². The number of esters is 1. The van der Waals surface area contributed by atoms with Crippen molar-refractivity contribution in [3.05, 3.63) is 41.1 Å². The van der Waals surface area contributed by atoms with Crippen molar-refractivity contribution in [2.45, 2.75) is 30.8 Å². The number of nitrogens with one attached hydrogen (secondary N) is 2. The summed E-state index contributed by atoms with van der Waals surface area (Å²) >= 11 is 0.957. The minimum Gasteiger partial charge on any atom is -0.508 e. The zero-order valence-corrected chi connectivity index (χ0v) is 23.9. The molecule has 5 N–H and O–H groups in total. The fraction of sp³-hybridized carbons (Fsp3) is 0.423. The molecule has 0 aromatic heterocycles. The van der Waals surface area contributed by atoms with Crippen molar-refractivity contribution < 1.29 is 53.6 Å². The maximum atomic E-state index is 13.6. The quantitative estimate of drug-likeness (QED) is 0.121. The maximum Gasteiger partial charge on any atom is 0.352 e. The molecule has 3 atom stereocenters. The van der Waals surface area contributed by atoms with Gasteiger partial charge in [-0.15, -0.1) is 11.8 Å². The van der Waals surface area contributed by atoms with E-state index in [-0.39, 0.29) is 42.3 Å². The first kappa shape index (κ1) is 31.3. The van der Waals surface area contributed by atoms with E-state index in [0.29, 0.717) is 4.90 Å². The summed E-state index contributed by atoms with van der Waals surface area (Å²) < 4.78 is 4.91. The third kappa shape index (κ3) is 5.72. The number of aromatic hydroxyl groups is 1. The molecule has 2 unspecified atom stereocenters. The lowest BCUT2D eigenvalue weighted by atomic mass is 9.91. The number of β-lactam (4-membered cyclic amide) rings is 1. The van der Waals surface area contributed by atoms with Crippen LogP contribution in [0.4, 0.5) is 4.79 Å². The number of ether oxygens (including phenoxy) is 1. The number of likely N-dealkylation sites (N-methyl/N-ethyl adjacent to an activating group) is 1. The van der Waals surface area contributed by atoms with Gasteiger partial charge in [0, 0.05) is 37.9 Å². The number of aliphatic carboxylic acids is 1. The average molecular weight is 620 g/mol. The number of aliphatic hydroxyl groups is 1. The number of phenolic OH excluding ortho intramolecular Hbond substituents is 1. The van der Waals surface area contributed by atoms with Gasteiger partial charge in [-0.3, -0.25) is 33.8 Å². The number of imide groups is 1. The van der Waals surface area contributed by atoms with Gasteiger partial charge in [-0.1, -0.05) is 12.1 Å². The number of fused-ring (bicyclic) bond motifs is 1. The number of urea groups is 1. The normalized spacial score (nSPS) is 22.4. The van der Waals surface area contributed by atoms with Gasteiger partial charge in [0.15, 0.2) is 0 Å². The first-order valence-electron chi connectivity index (χ1n) is 13.0. The number of carboxylic acid groups (broad SMARTS) is 1. The lowest BCUT2D eigenvalue weighted by molar-refractivity contribution is -0.160. The topological polar surface area (TPSA) is 223 Å². The summed E-state index contributed by atoms with van der Waals surface area (Å²) in [6.45, 7) is 1.88. The van der Waals surface area contributed by atoms with E-state index in [0.717, 1.165) is 23.6 Å². The summed E-state index contributed by atoms with van der Waals surface area (Å²) in [7, 11) is 0. The Balaban J connectivity index is 1.59. The first-order valence-corrected chi connectivity index (χ1v) is 14.0. The van der Waals surface area contributed by atoms with E-state index in [1.54, 1.807) is 6.92 Å². The minimum absolute atomic E-state index is 0.0520. The number of phenols is 1. The zero-order valence-electron chi connectivity index (χ0n) is 23.1. The molecule has 17 heteroatoms. The van der Waals surface area contributed by atoms with Crippen molar-refractivity contribution >= 4 is 53.4 Å². The Labute approximate surface area is 248 Å². The molecular formula is C26H29N5O11S. The van der Waals surface area contributed by atoms with Crippen LogP contribution >= 0.6 is 11.8 Å². The van der Waals surface area contributed by atoms with Gasteiger partial charge >= 0.3 is 29.8 Å². The van der Waals surface area contributed by atoms with Crippen LogP contribution in [-0.4, -0.2) is 121 Å². The molecule has 0 radical (unpaired) electrons. The Morgan fingerprint density at radius 3 is 2.37 bits per heavy atom. The van der Waals surface area contributed by atoms with Gasteiger partial charge in [-0.2, -0.15) is 0 Å². The fourth-order valence-electron chi connectivity index (χ4n) is 4.95. The van der Waals surface area contributed by atoms with Crippen molar-refractivity contribution in [1.82, 2.24) is 25.3 Å². The van der Waals surface area contributed by atoms with Crippen LogP contribution in [0.1, 0.15) is 25.5 Å². The third-order valence-electron chi connectivity index (χ3n) is 7.21. The number of carbonyl (C=O) groups is 7. The molecule has 3 aliphatic rings. The molecule has 0 aliphatic carbocycles. The second kappa shape index (κ2) is 12.3. The predicted octanol–water partition coefficient (Wildman–Crippen LogP) is -1.50. The number of piperazine rings is 1. The smallest absolute Gasteiger partial charge is 0.352 e. The van der Waals surface area contributed by atoms with Crippen LogP contribution in [0.2, 0.25) is 0 Å². The van der Waals surface area contributed by atoms with Gasteiger partial charge in [0.25, 0.3) is 5.91 Å². The standard InChI is InChI=1S/C26H29N5O11S/c1-3-29-8-9-30(23(38)22(29)37)25(41)27-17(14-4-6-16(34)7-5-14)20(35)28-19-21(36)31-18(24(39)40)15(10-42-13(2)33)11-43-26(19,31)12-32/h4-7,17,19,32,34H,3,8-12H2,1-2H3,(H,27,41)(H,28,35)(H,39,40)/t17?,19-,26?/m0/s1. The monoisotopic (exact) mass is 619 g/mol. The molecule has 1 aromatic carbocycles. The molecular weight excluding hydrogens is 590 g/mol. The van der Waals surface area contributed by atoms with E-state index in [1.165, 1.54) is 29.2 Å². The van der Waals surface area contributed by atoms with Crippen LogP contribution in [0.15, 0.2) is 35.5 Å². The van der Waals surface area contributed by atoms with Crippen LogP contribution in [0, 0.1) is 0 Å². The van der Waals surface area contributed by atoms with Gasteiger partial charge in [0.2, 0.25) is 5.91 Å². The molecule has 2 saturated heterocycles. The second-order valence-corrected chi connectivity index (χ2v) is 11.0. The van der Waals surface area contributed by atoms with Crippen LogP contribution in [0.25, 0.3) is 0 Å². The number of carboxylic acids is 1. The van der Waals surface area contributed by atoms with Gasteiger partial charge in [-0.05, 0) is 24.6 Å². The minimum atomic E-state index is -1.62. The number of rotatable bonds is 9. The summed E-state index contributed by atoms with van der Waals surface area (Å²) in [6, 6.07) is 1.09. The molecule has 6 amide bonds. The van der Waals surface area contributed by atoms with E-state index in [2.05, 4.69) is 10.6 Å².